The lowest BCUT2D eigenvalue weighted by atomic mass is 10.2. The van der Waals surface area contributed by atoms with Crippen LogP contribution in [0.3, 0.4) is 0 Å². The molecule has 1 heterocycles. The fourth-order valence-electron chi connectivity index (χ4n) is 2.16. The first kappa shape index (κ1) is 20.8. The zero-order valence-electron chi connectivity index (χ0n) is 14.8. The van der Waals surface area contributed by atoms with Crippen LogP contribution in [0.2, 0.25) is 0 Å². The Morgan fingerprint density at radius 1 is 1.12 bits per heavy atom. The van der Waals surface area contributed by atoms with Gasteiger partial charge >= 0.3 is 0 Å². The predicted molar refractivity (Wildman–Crippen MR) is 117 cm³/mol. The van der Waals surface area contributed by atoms with Crippen LogP contribution in [0.5, 0.6) is 0 Å². The molecule has 0 amide bonds. The highest BCUT2D eigenvalue weighted by molar-refractivity contribution is 14.0. The van der Waals surface area contributed by atoms with E-state index in [9.17, 15) is 0 Å². The van der Waals surface area contributed by atoms with Gasteiger partial charge in [-0.3, -0.25) is 0 Å². The van der Waals surface area contributed by atoms with Gasteiger partial charge in [0.05, 0.1) is 13.1 Å². The third-order valence-electron chi connectivity index (χ3n) is 3.60. The van der Waals surface area contributed by atoms with E-state index in [-0.39, 0.29) is 24.0 Å². The number of aryl methyl sites for hydroxylation is 1. The van der Waals surface area contributed by atoms with Crippen LogP contribution in [0.25, 0.3) is 0 Å². The summed E-state index contributed by atoms with van der Waals surface area (Å²) >= 11 is 1.78. The molecule has 4 nitrogen and oxygen atoms in total. The molecule has 0 spiro atoms. The zero-order valence-corrected chi connectivity index (χ0v) is 17.9. The van der Waals surface area contributed by atoms with E-state index in [4.69, 9.17) is 0 Å². The quantitative estimate of drug-likeness (QED) is 0.391. The van der Waals surface area contributed by atoms with Crippen molar-refractivity contribution in [2.45, 2.75) is 26.9 Å². The molecule has 0 aliphatic rings. The van der Waals surface area contributed by atoms with Gasteiger partial charge < -0.3 is 15.5 Å². The number of halogens is 1. The van der Waals surface area contributed by atoms with Gasteiger partial charge in [0.2, 0.25) is 0 Å². The van der Waals surface area contributed by atoms with Crippen molar-refractivity contribution in [2.24, 2.45) is 4.99 Å². The molecule has 0 radical (unpaired) electrons. The molecule has 0 saturated carbocycles. The fraction of sp³-hybridized carbons (Fsp3) is 0.389. The van der Waals surface area contributed by atoms with Crippen molar-refractivity contribution < 1.29 is 0 Å². The van der Waals surface area contributed by atoms with Crippen LogP contribution in [-0.4, -0.2) is 26.6 Å². The summed E-state index contributed by atoms with van der Waals surface area (Å²) in [4.78, 5) is 8.12. The van der Waals surface area contributed by atoms with Crippen molar-refractivity contribution in [1.82, 2.24) is 10.6 Å². The van der Waals surface area contributed by atoms with Gasteiger partial charge in [-0.15, -0.1) is 35.3 Å². The van der Waals surface area contributed by atoms with Gasteiger partial charge in [-0.1, -0.05) is 12.1 Å². The summed E-state index contributed by atoms with van der Waals surface area (Å²) in [6.45, 7) is 6.57. The van der Waals surface area contributed by atoms with E-state index < -0.39 is 0 Å². The maximum absolute atomic E-state index is 4.67. The standard InChI is InChI=1S/C18H26N4S.HI/c1-5-19-18(21-13-17-14(2)10-11-23-17)20-12-15-6-8-16(9-7-15)22(3)4;/h6-11H,5,12-13H2,1-4H3,(H2,19,20,21);1H. The van der Waals surface area contributed by atoms with Crippen LogP contribution in [0.15, 0.2) is 40.7 Å². The summed E-state index contributed by atoms with van der Waals surface area (Å²) < 4.78 is 0. The van der Waals surface area contributed by atoms with Gasteiger partial charge in [-0.05, 0) is 48.6 Å². The monoisotopic (exact) mass is 458 g/mol. The van der Waals surface area contributed by atoms with Crippen LogP contribution in [0.4, 0.5) is 5.69 Å². The second kappa shape index (κ2) is 10.6. The summed E-state index contributed by atoms with van der Waals surface area (Å²) in [5.41, 5.74) is 3.74. The summed E-state index contributed by atoms with van der Waals surface area (Å²) in [6, 6.07) is 10.7. The second-order valence-corrected chi connectivity index (χ2v) is 6.64. The Morgan fingerprint density at radius 2 is 1.83 bits per heavy atom. The topological polar surface area (TPSA) is 39.7 Å². The minimum atomic E-state index is 0. The number of rotatable bonds is 6. The smallest absolute Gasteiger partial charge is 0.191 e. The Morgan fingerprint density at radius 3 is 2.38 bits per heavy atom. The molecule has 0 atom stereocenters. The Labute approximate surface area is 166 Å². The van der Waals surface area contributed by atoms with E-state index >= 15 is 0 Å². The molecule has 2 N–H and O–H groups in total. The Bertz CT molecular complexity index is 635. The number of nitrogens with zero attached hydrogens (tertiary/aromatic N) is 2. The molecule has 2 aromatic rings. The Balaban J connectivity index is 0.00000288. The van der Waals surface area contributed by atoms with Crippen LogP contribution in [-0.2, 0) is 13.1 Å². The van der Waals surface area contributed by atoms with Gasteiger partial charge in [0.1, 0.15) is 0 Å². The van der Waals surface area contributed by atoms with E-state index in [1.165, 1.54) is 21.7 Å². The van der Waals surface area contributed by atoms with Gasteiger partial charge in [0.15, 0.2) is 5.96 Å². The number of nitrogens with one attached hydrogen (secondary N) is 2. The minimum Gasteiger partial charge on any atom is -0.378 e. The number of hydrogen-bond donors (Lipinski definition) is 2. The van der Waals surface area contributed by atoms with Crippen molar-refractivity contribution in [3.63, 3.8) is 0 Å². The predicted octanol–water partition coefficient (Wildman–Crippen LogP) is 4.00. The van der Waals surface area contributed by atoms with Crippen molar-refractivity contribution >= 4 is 47.0 Å². The molecule has 24 heavy (non-hydrogen) atoms. The SMILES string of the molecule is CCNC(=NCc1ccc(N(C)C)cc1)NCc1sccc1C.I. The highest BCUT2D eigenvalue weighted by Gasteiger charge is 2.02. The normalized spacial score (nSPS) is 10.9. The molecule has 0 fully saturated rings. The summed E-state index contributed by atoms with van der Waals surface area (Å²) in [5.74, 6) is 0.858. The summed E-state index contributed by atoms with van der Waals surface area (Å²) in [7, 11) is 4.10. The molecular weight excluding hydrogens is 431 g/mol. The van der Waals surface area contributed by atoms with E-state index in [1.807, 2.05) is 14.1 Å². The first-order valence-electron chi connectivity index (χ1n) is 7.91. The van der Waals surface area contributed by atoms with Gasteiger partial charge in [0, 0.05) is 31.2 Å². The third-order valence-corrected chi connectivity index (χ3v) is 4.62. The number of hydrogen-bond acceptors (Lipinski definition) is 3. The van der Waals surface area contributed by atoms with Gasteiger partial charge in [-0.25, -0.2) is 4.99 Å². The van der Waals surface area contributed by atoms with Crippen LogP contribution >= 0.6 is 35.3 Å². The molecule has 132 valence electrons. The van der Waals surface area contributed by atoms with E-state index in [1.54, 1.807) is 11.3 Å². The van der Waals surface area contributed by atoms with E-state index in [0.29, 0.717) is 6.54 Å². The molecule has 0 unspecified atom stereocenters. The third kappa shape index (κ3) is 6.32. The molecule has 0 aliphatic heterocycles. The fourth-order valence-corrected chi connectivity index (χ4v) is 3.01. The molecule has 0 saturated heterocycles. The second-order valence-electron chi connectivity index (χ2n) is 5.64. The van der Waals surface area contributed by atoms with Crippen LogP contribution < -0.4 is 15.5 Å². The Kier molecular flexibility index (Phi) is 9.13. The molecule has 1 aromatic heterocycles. The molecular formula is C18H27IN4S. The number of thiophene rings is 1. The molecule has 2 rings (SSSR count). The number of benzene rings is 1. The van der Waals surface area contributed by atoms with Crippen LogP contribution in [0.1, 0.15) is 22.9 Å². The van der Waals surface area contributed by atoms with Crippen molar-refractivity contribution in [2.75, 3.05) is 25.5 Å². The lowest BCUT2D eigenvalue weighted by Gasteiger charge is -2.13. The van der Waals surface area contributed by atoms with Crippen LogP contribution in [0, 0.1) is 6.92 Å². The van der Waals surface area contributed by atoms with Crippen molar-refractivity contribution in [1.29, 1.82) is 0 Å². The number of guanidine groups is 1. The average molecular weight is 458 g/mol. The maximum Gasteiger partial charge on any atom is 0.191 e. The lowest BCUT2D eigenvalue weighted by Crippen LogP contribution is -2.36. The zero-order chi connectivity index (χ0) is 16.7. The lowest BCUT2D eigenvalue weighted by molar-refractivity contribution is 0.821. The summed E-state index contributed by atoms with van der Waals surface area (Å²) in [6.07, 6.45) is 0. The largest absolute Gasteiger partial charge is 0.378 e. The van der Waals surface area contributed by atoms with Gasteiger partial charge in [-0.2, -0.15) is 0 Å². The summed E-state index contributed by atoms with van der Waals surface area (Å²) in [5, 5.41) is 8.83. The van der Waals surface area contributed by atoms with E-state index in [2.05, 4.69) is 70.1 Å². The molecule has 1 aromatic carbocycles. The number of aliphatic imine (C=N–C) groups is 1. The first-order valence-corrected chi connectivity index (χ1v) is 8.79. The van der Waals surface area contributed by atoms with Gasteiger partial charge in [0.25, 0.3) is 0 Å². The highest BCUT2D eigenvalue weighted by atomic mass is 127. The molecule has 6 heteroatoms. The molecule has 0 bridgehead atoms. The van der Waals surface area contributed by atoms with Crippen molar-refractivity contribution in [3.8, 4) is 0 Å². The average Bonchev–Trinajstić information content (AvgIpc) is 2.95. The molecule has 0 aliphatic carbocycles. The number of anilines is 1. The Hall–Kier alpha value is -1.28. The van der Waals surface area contributed by atoms with Crippen molar-refractivity contribution in [3.05, 3.63) is 51.7 Å². The maximum atomic E-state index is 4.67. The highest BCUT2D eigenvalue weighted by Crippen LogP contribution is 2.15. The van der Waals surface area contributed by atoms with E-state index in [0.717, 1.165) is 19.0 Å². The first-order chi connectivity index (χ1) is 11.1. The minimum absolute atomic E-state index is 0.